The van der Waals surface area contributed by atoms with E-state index >= 15 is 0 Å². The van der Waals surface area contributed by atoms with Crippen LogP contribution < -0.4 is 5.32 Å². The van der Waals surface area contributed by atoms with Crippen molar-refractivity contribution in [1.82, 2.24) is 15.2 Å². The number of hydrogen-bond donors (Lipinski definition) is 1. The second-order valence-corrected chi connectivity index (χ2v) is 9.40. The summed E-state index contributed by atoms with van der Waals surface area (Å²) in [6.45, 7) is 7.44. The highest BCUT2D eigenvalue weighted by Crippen LogP contribution is 2.32. The number of alkyl halides is 3. The van der Waals surface area contributed by atoms with Gasteiger partial charge in [0.1, 0.15) is 0 Å². The molecule has 0 radical (unpaired) electrons. The van der Waals surface area contributed by atoms with Crippen LogP contribution in [0.3, 0.4) is 0 Å². The lowest BCUT2D eigenvalue weighted by molar-refractivity contribution is -0.137. The highest BCUT2D eigenvalue weighted by molar-refractivity contribution is 5.76. The van der Waals surface area contributed by atoms with Crippen LogP contribution in [-0.4, -0.2) is 34.9 Å². The van der Waals surface area contributed by atoms with Gasteiger partial charge in [0.25, 0.3) is 0 Å². The number of benzene rings is 1. The van der Waals surface area contributed by atoms with Crippen LogP contribution in [0, 0.1) is 5.41 Å². The molecule has 4 nitrogen and oxygen atoms in total. The number of hydrogen-bond acceptors (Lipinski definition) is 3. The number of nitrogens with one attached hydrogen (secondary N) is 1. The molecule has 0 aliphatic carbocycles. The van der Waals surface area contributed by atoms with Crippen LogP contribution in [-0.2, 0) is 11.0 Å². The predicted octanol–water partition coefficient (Wildman–Crippen LogP) is 5.21. The normalized spacial score (nSPS) is 16.9. The van der Waals surface area contributed by atoms with Crippen molar-refractivity contribution in [1.29, 1.82) is 0 Å². The molecule has 1 fully saturated rings. The Morgan fingerprint density at radius 2 is 1.81 bits per heavy atom. The number of carbonyl (C=O) groups is 1. The number of amides is 1. The summed E-state index contributed by atoms with van der Waals surface area (Å²) < 4.78 is 39.8. The molecule has 0 saturated carbocycles. The first kappa shape index (κ1) is 23.3. The van der Waals surface area contributed by atoms with Crippen LogP contribution in [0.1, 0.15) is 62.8 Å². The Morgan fingerprint density at radius 1 is 1.13 bits per heavy atom. The van der Waals surface area contributed by atoms with Gasteiger partial charge in [-0.2, -0.15) is 13.2 Å². The Hall–Kier alpha value is -2.41. The number of pyridine rings is 1. The SMILES string of the molecule is CC(C)(C)CC(=O)N1CCC(NC(c2cccnc2)c2cccc(C(F)(F)F)c2)CC1. The van der Waals surface area contributed by atoms with Gasteiger partial charge in [0.15, 0.2) is 0 Å². The van der Waals surface area contributed by atoms with Gasteiger partial charge in [-0.15, -0.1) is 0 Å². The zero-order chi connectivity index (χ0) is 22.6. The van der Waals surface area contributed by atoms with Gasteiger partial charge in [-0.1, -0.05) is 39.0 Å². The fourth-order valence-corrected chi connectivity index (χ4v) is 3.92. The maximum atomic E-state index is 13.3. The maximum absolute atomic E-state index is 13.3. The fraction of sp³-hybridized carbons (Fsp3) is 0.500. The first-order chi connectivity index (χ1) is 14.5. The molecule has 168 valence electrons. The molecule has 1 atom stereocenters. The van der Waals surface area contributed by atoms with Gasteiger partial charge in [-0.05, 0) is 47.6 Å². The average molecular weight is 434 g/mol. The van der Waals surface area contributed by atoms with E-state index in [4.69, 9.17) is 0 Å². The Kier molecular flexibility index (Phi) is 7.04. The molecule has 1 aliphatic heterocycles. The first-order valence-corrected chi connectivity index (χ1v) is 10.6. The lowest BCUT2D eigenvalue weighted by Gasteiger charge is -2.36. The largest absolute Gasteiger partial charge is 0.416 e. The minimum atomic E-state index is -4.39. The number of halogens is 3. The topological polar surface area (TPSA) is 45.2 Å². The standard InChI is InChI=1S/C24H30F3N3O/c1-23(2,3)15-21(31)30-12-9-20(10-13-30)29-22(18-7-5-11-28-16-18)17-6-4-8-19(14-17)24(25,26)27/h4-8,11,14,16,20,22,29H,9-10,12-13,15H2,1-3H3. The fourth-order valence-electron chi connectivity index (χ4n) is 3.92. The molecule has 1 aliphatic rings. The summed E-state index contributed by atoms with van der Waals surface area (Å²) >= 11 is 0. The number of likely N-dealkylation sites (tertiary alicyclic amines) is 1. The van der Waals surface area contributed by atoms with Crippen molar-refractivity contribution >= 4 is 5.91 Å². The summed E-state index contributed by atoms with van der Waals surface area (Å²) in [5, 5.41) is 3.53. The number of carbonyl (C=O) groups excluding carboxylic acids is 1. The zero-order valence-electron chi connectivity index (χ0n) is 18.2. The molecule has 3 rings (SSSR count). The Labute approximate surface area is 181 Å². The van der Waals surface area contributed by atoms with E-state index in [9.17, 15) is 18.0 Å². The second kappa shape index (κ2) is 9.39. The molecule has 1 unspecified atom stereocenters. The van der Waals surface area contributed by atoms with E-state index in [0.29, 0.717) is 25.1 Å². The van der Waals surface area contributed by atoms with Crippen molar-refractivity contribution in [3.8, 4) is 0 Å². The maximum Gasteiger partial charge on any atom is 0.416 e. The molecule has 0 bridgehead atoms. The van der Waals surface area contributed by atoms with E-state index in [1.165, 1.54) is 12.1 Å². The molecular weight excluding hydrogens is 403 g/mol. The molecule has 0 spiro atoms. The van der Waals surface area contributed by atoms with Crippen molar-refractivity contribution < 1.29 is 18.0 Å². The molecule has 2 heterocycles. The van der Waals surface area contributed by atoms with Gasteiger partial charge in [-0.3, -0.25) is 9.78 Å². The molecular formula is C24H30F3N3O. The first-order valence-electron chi connectivity index (χ1n) is 10.6. The van der Waals surface area contributed by atoms with Gasteiger partial charge in [0, 0.05) is 37.9 Å². The van der Waals surface area contributed by atoms with Crippen LogP contribution in [0.5, 0.6) is 0 Å². The Balaban J connectivity index is 1.74. The summed E-state index contributed by atoms with van der Waals surface area (Å²) in [5.74, 6) is 0.160. The minimum Gasteiger partial charge on any atom is -0.343 e. The summed E-state index contributed by atoms with van der Waals surface area (Å²) in [7, 11) is 0. The van der Waals surface area contributed by atoms with Crippen molar-refractivity contribution in [2.75, 3.05) is 13.1 Å². The van der Waals surface area contributed by atoms with Crippen LogP contribution in [0.25, 0.3) is 0 Å². The van der Waals surface area contributed by atoms with Crippen molar-refractivity contribution in [3.05, 3.63) is 65.5 Å². The van der Waals surface area contributed by atoms with Crippen LogP contribution in [0.4, 0.5) is 13.2 Å². The summed E-state index contributed by atoms with van der Waals surface area (Å²) in [6, 6.07) is 8.78. The van der Waals surface area contributed by atoms with Gasteiger partial charge in [0.05, 0.1) is 11.6 Å². The molecule has 1 saturated heterocycles. The number of nitrogens with zero attached hydrogens (tertiary/aromatic N) is 2. The van der Waals surface area contributed by atoms with Crippen LogP contribution >= 0.6 is 0 Å². The van der Waals surface area contributed by atoms with E-state index in [0.717, 1.165) is 24.5 Å². The average Bonchev–Trinajstić information content (AvgIpc) is 2.71. The molecule has 7 heteroatoms. The molecule has 1 N–H and O–H groups in total. The van der Waals surface area contributed by atoms with E-state index in [2.05, 4.69) is 10.3 Å². The number of aromatic nitrogens is 1. The minimum absolute atomic E-state index is 0.0545. The molecule has 1 aromatic heterocycles. The van der Waals surface area contributed by atoms with Crippen molar-refractivity contribution in [2.45, 2.75) is 58.3 Å². The van der Waals surface area contributed by atoms with Crippen LogP contribution in [0.2, 0.25) is 0 Å². The molecule has 1 amide bonds. The number of rotatable bonds is 5. The van der Waals surface area contributed by atoms with Gasteiger partial charge in [0.2, 0.25) is 5.91 Å². The predicted molar refractivity (Wildman–Crippen MR) is 114 cm³/mol. The third-order valence-electron chi connectivity index (χ3n) is 5.50. The van der Waals surface area contributed by atoms with Gasteiger partial charge in [-0.25, -0.2) is 0 Å². The van der Waals surface area contributed by atoms with E-state index in [1.54, 1.807) is 24.5 Å². The summed E-state index contributed by atoms with van der Waals surface area (Å²) in [6.07, 6.45) is 0.949. The quantitative estimate of drug-likeness (QED) is 0.704. The Morgan fingerprint density at radius 3 is 2.39 bits per heavy atom. The highest BCUT2D eigenvalue weighted by Gasteiger charge is 2.32. The van der Waals surface area contributed by atoms with E-state index in [1.807, 2.05) is 31.7 Å². The van der Waals surface area contributed by atoms with Gasteiger partial charge < -0.3 is 10.2 Å². The van der Waals surface area contributed by atoms with E-state index < -0.39 is 17.8 Å². The van der Waals surface area contributed by atoms with Crippen molar-refractivity contribution in [2.24, 2.45) is 5.41 Å². The molecule has 1 aromatic carbocycles. The van der Waals surface area contributed by atoms with E-state index in [-0.39, 0.29) is 17.4 Å². The smallest absolute Gasteiger partial charge is 0.343 e. The third kappa shape index (κ3) is 6.53. The lowest BCUT2D eigenvalue weighted by atomic mass is 9.91. The number of piperidine rings is 1. The monoisotopic (exact) mass is 433 g/mol. The zero-order valence-corrected chi connectivity index (χ0v) is 18.2. The molecule has 2 aromatic rings. The Bertz CT molecular complexity index is 870. The lowest BCUT2D eigenvalue weighted by Crippen LogP contribution is -2.46. The van der Waals surface area contributed by atoms with Gasteiger partial charge >= 0.3 is 6.18 Å². The molecule has 31 heavy (non-hydrogen) atoms. The highest BCUT2D eigenvalue weighted by atomic mass is 19.4. The third-order valence-corrected chi connectivity index (χ3v) is 5.50. The van der Waals surface area contributed by atoms with Crippen molar-refractivity contribution in [3.63, 3.8) is 0 Å². The van der Waals surface area contributed by atoms with Crippen LogP contribution in [0.15, 0.2) is 48.8 Å². The summed E-state index contributed by atoms with van der Waals surface area (Å²) in [4.78, 5) is 18.6. The summed E-state index contributed by atoms with van der Waals surface area (Å²) in [5.41, 5.74) is 0.645. The second-order valence-electron chi connectivity index (χ2n) is 9.40.